The van der Waals surface area contributed by atoms with E-state index in [1.807, 2.05) is 31.2 Å². The van der Waals surface area contributed by atoms with E-state index in [9.17, 15) is 9.59 Å². The van der Waals surface area contributed by atoms with Crippen LogP contribution in [0.4, 0.5) is 0 Å². The zero-order chi connectivity index (χ0) is 11.7. The molecule has 0 radical (unpaired) electrons. The first kappa shape index (κ1) is 11.1. The summed E-state index contributed by atoms with van der Waals surface area (Å²) in [4.78, 5) is 22.3. The number of hydrogen-bond acceptors (Lipinski definition) is 3. The number of cyclic esters (lactones) is 2. The minimum absolute atomic E-state index is 0.0702. The summed E-state index contributed by atoms with van der Waals surface area (Å²) in [6.07, 6.45) is 0.0702. The molecule has 0 saturated carbocycles. The lowest BCUT2D eigenvalue weighted by Crippen LogP contribution is -1.98. The fourth-order valence-electron chi connectivity index (χ4n) is 1.58. The van der Waals surface area contributed by atoms with Crippen molar-refractivity contribution in [1.82, 2.24) is 0 Å². The Bertz CT molecular complexity index is 485. The largest absolute Gasteiger partial charge is 0.389 e. The van der Waals surface area contributed by atoms with Crippen LogP contribution in [0, 0.1) is 0 Å². The SMILES string of the molecule is C/C(=C1/CC(=O)OC1=O)c1ccc(Br)cc1. The Kier molecular flexibility index (Phi) is 2.92. The second-order valence-electron chi connectivity index (χ2n) is 3.55. The second kappa shape index (κ2) is 4.22. The van der Waals surface area contributed by atoms with Gasteiger partial charge in [-0.3, -0.25) is 4.79 Å². The Morgan fingerprint density at radius 2 is 1.88 bits per heavy atom. The van der Waals surface area contributed by atoms with Gasteiger partial charge in [-0.25, -0.2) is 4.79 Å². The van der Waals surface area contributed by atoms with Crippen LogP contribution in [0.15, 0.2) is 34.3 Å². The summed E-state index contributed by atoms with van der Waals surface area (Å²) >= 11 is 3.34. The van der Waals surface area contributed by atoms with Gasteiger partial charge in [-0.2, -0.15) is 0 Å². The number of esters is 2. The van der Waals surface area contributed by atoms with E-state index in [-0.39, 0.29) is 6.42 Å². The summed E-state index contributed by atoms with van der Waals surface area (Å²) in [5.74, 6) is -0.998. The lowest BCUT2D eigenvalue weighted by molar-refractivity contribution is -0.151. The summed E-state index contributed by atoms with van der Waals surface area (Å²) in [6.45, 7) is 1.82. The van der Waals surface area contributed by atoms with E-state index < -0.39 is 11.9 Å². The predicted molar refractivity (Wildman–Crippen MR) is 62.5 cm³/mol. The second-order valence-corrected chi connectivity index (χ2v) is 4.46. The maximum atomic E-state index is 11.4. The number of rotatable bonds is 1. The van der Waals surface area contributed by atoms with Gasteiger partial charge >= 0.3 is 11.9 Å². The van der Waals surface area contributed by atoms with Crippen LogP contribution in [-0.4, -0.2) is 11.9 Å². The molecule has 0 aliphatic carbocycles. The molecular weight excluding hydrogens is 272 g/mol. The first-order valence-corrected chi connectivity index (χ1v) is 5.58. The van der Waals surface area contributed by atoms with E-state index in [0.29, 0.717) is 5.57 Å². The molecule has 0 N–H and O–H groups in total. The molecule has 1 aliphatic rings. The first-order chi connectivity index (χ1) is 7.58. The van der Waals surface area contributed by atoms with Crippen molar-refractivity contribution in [3.8, 4) is 0 Å². The van der Waals surface area contributed by atoms with Gasteiger partial charge < -0.3 is 4.74 Å². The molecule has 4 heteroatoms. The van der Waals surface area contributed by atoms with Crippen LogP contribution in [0.5, 0.6) is 0 Å². The van der Waals surface area contributed by atoms with Crippen LogP contribution >= 0.6 is 15.9 Å². The molecule has 1 aromatic rings. The number of allylic oxidation sites excluding steroid dienone is 1. The van der Waals surface area contributed by atoms with Crippen LogP contribution in [0.1, 0.15) is 18.9 Å². The van der Waals surface area contributed by atoms with Crippen molar-refractivity contribution < 1.29 is 14.3 Å². The van der Waals surface area contributed by atoms with Crippen molar-refractivity contribution in [3.05, 3.63) is 39.9 Å². The summed E-state index contributed by atoms with van der Waals surface area (Å²) in [5, 5.41) is 0. The molecule has 0 amide bonds. The molecular formula is C12H9BrO3. The highest BCUT2D eigenvalue weighted by Crippen LogP contribution is 2.26. The molecule has 2 rings (SSSR count). The van der Waals surface area contributed by atoms with Crippen LogP contribution in [0.2, 0.25) is 0 Å². The van der Waals surface area contributed by atoms with Gasteiger partial charge in [0.2, 0.25) is 0 Å². The van der Waals surface area contributed by atoms with Gasteiger partial charge in [0, 0.05) is 4.47 Å². The molecule has 1 aromatic carbocycles. The van der Waals surface area contributed by atoms with Crippen LogP contribution in [0.25, 0.3) is 5.57 Å². The van der Waals surface area contributed by atoms with Crippen molar-refractivity contribution in [3.63, 3.8) is 0 Å². The zero-order valence-corrected chi connectivity index (χ0v) is 10.2. The highest BCUT2D eigenvalue weighted by molar-refractivity contribution is 9.10. The molecule has 16 heavy (non-hydrogen) atoms. The van der Waals surface area contributed by atoms with Gasteiger partial charge in [-0.15, -0.1) is 0 Å². The number of hydrogen-bond donors (Lipinski definition) is 0. The maximum Gasteiger partial charge on any atom is 0.342 e. The minimum atomic E-state index is -0.523. The Morgan fingerprint density at radius 1 is 1.25 bits per heavy atom. The summed E-state index contributed by atoms with van der Waals surface area (Å²) < 4.78 is 5.47. The number of carbonyl (C=O) groups is 2. The molecule has 0 atom stereocenters. The van der Waals surface area contributed by atoms with Gasteiger partial charge in [-0.05, 0) is 30.2 Å². The lowest BCUT2D eigenvalue weighted by Gasteiger charge is -2.03. The minimum Gasteiger partial charge on any atom is -0.389 e. The van der Waals surface area contributed by atoms with Crippen LogP contribution < -0.4 is 0 Å². The van der Waals surface area contributed by atoms with Crippen LogP contribution in [0.3, 0.4) is 0 Å². The van der Waals surface area contributed by atoms with Crippen molar-refractivity contribution in [2.24, 2.45) is 0 Å². The molecule has 0 unspecified atom stereocenters. The van der Waals surface area contributed by atoms with Gasteiger partial charge in [0.1, 0.15) is 0 Å². The summed E-state index contributed by atoms with van der Waals surface area (Å²) in [7, 11) is 0. The van der Waals surface area contributed by atoms with E-state index in [2.05, 4.69) is 20.7 Å². The highest BCUT2D eigenvalue weighted by Gasteiger charge is 2.28. The molecule has 3 nitrogen and oxygen atoms in total. The van der Waals surface area contributed by atoms with E-state index in [0.717, 1.165) is 15.6 Å². The van der Waals surface area contributed by atoms with Gasteiger partial charge in [-0.1, -0.05) is 28.1 Å². The predicted octanol–water partition coefficient (Wildman–Crippen LogP) is 2.70. The molecule has 0 bridgehead atoms. The topological polar surface area (TPSA) is 43.4 Å². The highest BCUT2D eigenvalue weighted by atomic mass is 79.9. The van der Waals surface area contributed by atoms with Gasteiger partial charge in [0.05, 0.1) is 12.0 Å². The zero-order valence-electron chi connectivity index (χ0n) is 8.62. The number of benzene rings is 1. The normalized spacial score (nSPS) is 18.6. The Morgan fingerprint density at radius 3 is 2.38 bits per heavy atom. The molecule has 0 spiro atoms. The number of halogens is 1. The third-order valence-corrected chi connectivity index (χ3v) is 3.03. The molecule has 1 heterocycles. The van der Waals surface area contributed by atoms with Gasteiger partial charge in [0.15, 0.2) is 0 Å². The summed E-state index contributed by atoms with van der Waals surface area (Å²) in [6, 6.07) is 7.56. The molecule has 1 fully saturated rings. The fourth-order valence-corrected chi connectivity index (χ4v) is 1.84. The average Bonchev–Trinajstić information content (AvgIpc) is 2.58. The molecule has 1 saturated heterocycles. The molecule has 0 aromatic heterocycles. The summed E-state index contributed by atoms with van der Waals surface area (Å²) in [5.41, 5.74) is 2.17. The number of carbonyl (C=O) groups excluding carboxylic acids is 2. The van der Waals surface area contributed by atoms with Gasteiger partial charge in [0.25, 0.3) is 0 Å². The van der Waals surface area contributed by atoms with Crippen LogP contribution in [-0.2, 0) is 14.3 Å². The smallest absolute Gasteiger partial charge is 0.342 e. The van der Waals surface area contributed by atoms with E-state index >= 15 is 0 Å². The Labute approximate surface area is 101 Å². The van der Waals surface area contributed by atoms with E-state index in [1.54, 1.807) is 0 Å². The van der Waals surface area contributed by atoms with Crippen molar-refractivity contribution in [1.29, 1.82) is 0 Å². The Hall–Kier alpha value is -1.42. The quantitative estimate of drug-likeness (QED) is 0.451. The lowest BCUT2D eigenvalue weighted by atomic mass is 10.0. The van der Waals surface area contributed by atoms with Crippen molar-refractivity contribution in [2.45, 2.75) is 13.3 Å². The molecule has 82 valence electrons. The molecule has 1 aliphatic heterocycles. The first-order valence-electron chi connectivity index (χ1n) is 4.78. The average molecular weight is 281 g/mol. The Balaban J connectivity index is 2.41. The van der Waals surface area contributed by atoms with Crippen molar-refractivity contribution in [2.75, 3.05) is 0 Å². The van der Waals surface area contributed by atoms with Crippen molar-refractivity contribution >= 4 is 33.4 Å². The van der Waals surface area contributed by atoms with E-state index in [1.165, 1.54) is 0 Å². The third kappa shape index (κ3) is 2.07. The third-order valence-electron chi connectivity index (χ3n) is 2.50. The number of ether oxygens (including phenoxy) is 1. The fraction of sp³-hybridized carbons (Fsp3) is 0.167. The monoisotopic (exact) mass is 280 g/mol. The maximum absolute atomic E-state index is 11.4. The standard InChI is InChI=1S/C12H9BrO3/c1-7(8-2-4-9(13)5-3-8)10-6-11(14)16-12(10)15/h2-5H,6H2,1H3/b10-7+. The van der Waals surface area contributed by atoms with E-state index in [4.69, 9.17) is 0 Å².